The molecule has 0 unspecified atom stereocenters. The Balaban J connectivity index is 1.79. The normalized spacial score (nSPS) is 13.6. The molecule has 28 heavy (non-hydrogen) atoms. The van der Waals surface area contributed by atoms with Crippen molar-refractivity contribution >= 4 is 50.8 Å². The number of alkyl halides is 3. The number of nitrogens with one attached hydrogen (secondary N) is 1. The maximum atomic E-state index is 13.3. The Labute approximate surface area is 174 Å². The van der Waals surface area contributed by atoms with Crippen LogP contribution in [0.25, 0.3) is 21.5 Å². The van der Waals surface area contributed by atoms with Gasteiger partial charge < -0.3 is 16.2 Å². The maximum absolute atomic E-state index is 13.3. The quantitative estimate of drug-likeness (QED) is 0.488. The zero-order valence-corrected chi connectivity index (χ0v) is 16.8. The second-order valence-electron chi connectivity index (χ2n) is 6.00. The van der Waals surface area contributed by atoms with Crippen LogP contribution in [0.5, 0.6) is 0 Å². The molecule has 0 saturated carbocycles. The first-order valence-electron chi connectivity index (χ1n) is 8.31. The number of halogens is 3. The largest absolute Gasteiger partial charge is 0.386 e. The van der Waals surface area contributed by atoms with Gasteiger partial charge in [-0.05, 0) is 17.2 Å². The predicted molar refractivity (Wildman–Crippen MR) is 109 cm³/mol. The second kappa shape index (κ2) is 9.11. The number of aliphatic hydroxyl groups excluding tert-OH is 1. The Hall–Kier alpha value is -1.84. The van der Waals surface area contributed by atoms with Crippen molar-refractivity contribution in [3.05, 3.63) is 47.1 Å². The van der Waals surface area contributed by atoms with Gasteiger partial charge in [0, 0.05) is 18.3 Å². The van der Waals surface area contributed by atoms with E-state index in [1.807, 2.05) is 6.07 Å². The molecule has 148 valence electrons. The Kier molecular flexibility index (Phi) is 6.79. The molecule has 0 saturated heterocycles. The van der Waals surface area contributed by atoms with Crippen LogP contribution in [0.15, 0.2) is 36.5 Å². The summed E-state index contributed by atoms with van der Waals surface area (Å²) in [7, 11) is 0. The lowest BCUT2D eigenvalue weighted by Crippen LogP contribution is -2.43. The monoisotopic (exact) mass is 442 g/mol. The number of rotatable bonds is 7. The Morgan fingerprint density at radius 2 is 2.00 bits per heavy atom. The summed E-state index contributed by atoms with van der Waals surface area (Å²) in [6.45, 7) is -0.605. The molecule has 0 aliphatic carbocycles. The van der Waals surface area contributed by atoms with Crippen LogP contribution < -0.4 is 11.1 Å². The molecule has 10 heteroatoms. The van der Waals surface area contributed by atoms with E-state index in [9.17, 15) is 14.3 Å². The summed E-state index contributed by atoms with van der Waals surface area (Å²) < 4.78 is 13.3. The summed E-state index contributed by atoms with van der Waals surface area (Å²) in [4.78, 5) is 19.9. The number of aromatic nitrogens is 2. The van der Waals surface area contributed by atoms with E-state index in [2.05, 4.69) is 15.3 Å². The van der Waals surface area contributed by atoms with Crippen molar-refractivity contribution < 1.29 is 14.3 Å². The van der Waals surface area contributed by atoms with E-state index in [1.54, 1.807) is 30.5 Å². The van der Waals surface area contributed by atoms with Crippen molar-refractivity contribution in [2.75, 3.05) is 6.67 Å². The van der Waals surface area contributed by atoms with Gasteiger partial charge in [-0.25, -0.2) is 14.4 Å². The number of fused-ring (bicyclic) bond motifs is 1. The molecule has 0 radical (unpaired) electrons. The number of carbonyl (C=O) groups is 1. The van der Waals surface area contributed by atoms with Crippen LogP contribution in [-0.4, -0.2) is 38.5 Å². The molecule has 0 aliphatic rings. The predicted octanol–water partition coefficient (Wildman–Crippen LogP) is 3.11. The summed E-state index contributed by atoms with van der Waals surface area (Å²) in [5.41, 5.74) is 8.54. The molecular weight excluding hydrogens is 426 g/mol. The van der Waals surface area contributed by atoms with Gasteiger partial charge in [-0.2, -0.15) is 0 Å². The fraction of sp³-hybridized carbons (Fsp3) is 0.278. The van der Waals surface area contributed by atoms with Crippen LogP contribution >= 0.6 is 34.5 Å². The van der Waals surface area contributed by atoms with Gasteiger partial charge in [-0.3, -0.25) is 4.79 Å². The van der Waals surface area contributed by atoms with Gasteiger partial charge in [0.25, 0.3) is 5.91 Å². The lowest BCUT2D eigenvalue weighted by Gasteiger charge is -2.22. The number of hydrogen-bond donors (Lipinski definition) is 3. The van der Waals surface area contributed by atoms with Crippen molar-refractivity contribution in [3.8, 4) is 11.1 Å². The first-order chi connectivity index (χ1) is 13.4. The van der Waals surface area contributed by atoms with Crippen molar-refractivity contribution in [1.82, 2.24) is 15.3 Å². The van der Waals surface area contributed by atoms with Gasteiger partial charge in [-0.1, -0.05) is 58.8 Å². The van der Waals surface area contributed by atoms with E-state index >= 15 is 0 Å². The SMILES string of the molecule is NCc1nc2cc(-c3ccc([C@@H](O)[C@@H](CF)NC(=O)C(Cl)Cl)cc3)cnc2s1. The molecule has 0 bridgehead atoms. The fourth-order valence-electron chi connectivity index (χ4n) is 2.67. The molecule has 2 atom stereocenters. The van der Waals surface area contributed by atoms with E-state index in [0.29, 0.717) is 12.1 Å². The minimum atomic E-state index is -1.34. The van der Waals surface area contributed by atoms with Gasteiger partial charge in [-0.15, -0.1) is 0 Å². The first kappa shape index (κ1) is 20.9. The Morgan fingerprint density at radius 3 is 2.61 bits per heavy atom. The van der Waals surface area contributed by atoms with Crippen LogP contribution in [0.2, 0.25) is 0 Å². The van der Waals surface area contributed by atoms with E-state index in [-0.39, 0.29) is 0 Å². The zero-order valence-electron chi connectivity index (χ0n) is 14.5. The summed E-state index contributed by atoms with van der Waals surface area (Å²) in [6.07, 6.45) is 0.485. The molecule has 4 N–H and O–H groups in total. The van der Waals surface area contributed by atoms with Crippen LogP contribution in [0, 0.1) is 0 Å². The third kappa shape index (κ3) is 4.59. The zero-order chi connectivity index (χ0) is 20.3. The number of hydrogen-bond acceptors (Lipinski definition) is 6. The number of aliphatic hydroxyl groups is 1. The summed E-state index contributed by atoms with van der Waals surface area (Å²) in [6, 6.07) is 7.63. The Bertz CT molecular complexity index is 968. The highest BCUT2D eigenvalue weighted by Gasteiger charge is 2.25. The molecule has 2 aromatic heterocycles. The van der Waals surface area contributed by atoms with Gasteiger partial charge in [0.05, 0.1) is 6.04 Å². The maximum Gasteiger partial charge on any atom is 0.253 e. The summed E-state index contributed by atoms with van der Waals surface area (Å²) in [5.74, 6) is -0.763. The van der Waals surface area contributed by atoms with Gasteiger partial charge in [0.15, 0.2) is 4.84 Å². The summed E-state index contributed by atoms with van der Waals surface area (Å²) in [5, 5.41) is 13.5. The minimum absolute atomic E-state index is 0.364. The molecule has 1 aromatic carbocycles. The smallest absolute Gasteiger partial charge is 0.253 e. The fourth-order valence-corrected chi connectivity index (χ4v) is 3.56. The highest BCUT2D eigenvalue weighted by molar-refractivity contribution is 7.18. The van der Waals surface area contributed by atoms with Crippen LogP contribution in [0.1, 0.15) is 16.7 Å². The van der Waals surface area contributed by atoms with Gasteiger partial charge >= 0.3 is 0 Å². The Morgan fingerprint density at radius 1 is 1.29 bits per heavy atom. The van der Waals surface area contributed by atoms with Gasteiger partial charge in [0.2, 0.25) is 0 Å². The van der Waals surface area contributed by atoms with Crippen molar-refractivity contribution in [1.29, 1.82) is 0 Å². The van der Waals surface area contributed by atoms with Crippen LogP contribution in [-0.2, 0) is 11.3 Å². The molecular formula is C18H17Cl2FN4O2S. The lowest BCUT2D eigenvalue weighted by atomic mass is 9.99. The minimum Gasteiger partial charge on any atom is -0.386 e. The molecule has 2 heterocycles. The van der Waals surface area contributed by atoms with E-state index in [4.69, 9.17) is 28.9 Å². The summed E-state index contributed by atoms with van der Waals surface area (Å²) >= 11 is 12.4. The number of benzene rings is 1. The standard InChI is InChI=1S/C18H17Cl2FN4O2S/c19-16(20)17(27)25-13(6-21)15(26)10-3-1-9(2-4-10)11-5-12-18(23-8-11)28-14(7-22)24-12/h1-5,8,13,15-16,26H,6-7,22H2,(H,25,27)/t13-,15-/m1/s1. The molecule has 6 nitrogen and oxygen atoms in total. The third-order valence-corrected chi connectivity index (χ3v) is 5.52. The van der Waals surface area contributed by atoms with Gasteiger partial charge in [0.1, 0.15) is 28.1 Å². The number of carbonyl (C=O) groups excluding carboxylic acids is 1. The number of thiazole rings is 1. The van der Waals surface area contributed by atoms with E-state index in [1.165, 1.54) is 11.3 Å². The number of amides is 1. The highest BCUT2D eigenvalue weighted by Crippen LogP contribution is 2.27. The first-order valence-corrected chi connectivity index (χ1v) is 10.00. The molecule has 0 fully saturated rings. The van der Waals surface area contributed by atoms with E-state index in [0.717, 1.165) is 26.5 Å². The topological polar surface area (TPSA) is 101 Å². The molecule has 3 rings (SSSR count). The molecule has 3 aromatic rings. The average Bonchev–Trinajstić information content (AvgIpc) is 3.13. The van der Waals surface area contributed by atoms with E-state index < -0.39 is 29.6 Å². The van der Waals surface area contributed by atoms with Crippen molar-refractivity contribution in [2.45, 2.75) is 23.5 Å². The molecule has 0 aliphatic heterocycles. The van der Waals surface area contributed by atoms with Crippen LogP contribution in [0.4, 0.5) is 4.39 Å². The lowest BCUT2D eigenvalue weighted by molar-refractivity contribution is -0.121. The van der Waals surface area contributed by atoms with Crippen molar-refractivity contribution in [3.63, 3.8) is 0 Å². The number of nitrogens with two attached hydrogens (primary N) is 1. The second-order valence-corrected chi connectivity index (χ2v) is 8.16. The van der Waals surface area contributed by atoms with Crippen LogP contribution in [0.3, 0.4) is 0 Å². The highest BCUT2D eigenvalue weighted by atomic mass is 35.5. The number of pyridine rings is 1. The average molecular weight is 443 g/mol. The molecule has 0 spiro atoms. The molecule has 1 amide bonds. The third-order valence-electron chi connectivity index (χ3n) is 4.13. The number of nitrogens with zero attached hydrogens (tertiary/aromatic N) is 2. The van der Waals surface area contributed by atoms with Crippen molar-refractivity contribution in [2.24, 2.45) is 5.73 Å².